The van der Waals surface area contributed by atoms with Gasteiger partial charge in [0.05, 0.1) is 17.3 Å². The average Bonchev–Trinajstić information content (AvgIpc) is 3.16. The van der Waals surface area contributed by atoms with Crippen LogP contribution in [0.1, 0.15) is 44.0 Å². The first-order chi connectivity index (χ1) is 12.8. The van der Waals surface area contributed by atoms with Gasteiger partial charge in [-0.25, -0.2) is 4.79 Å². The van der Waals surface area contributed by atoms with Crippen LogP contribution >= 0.6 is 0 Å². The van der Waals surface area contributed by atoms with Gasteiger partial charge < -0.3 is 15.4 Å². The minimum Gasteiger partial charge on any atom is -0.456 e. The van der Waals surface area contributed by atoms with Gasteiger partial charge in [0.2, 0.25) is 5.91 Å². The van der Waals surface area contributed by atoms with Gasteiger partial charge in [0, 0.05) is 17.4 Å². The topological polar surface area (TPSA) is 80.3 Å². The first-order valence-corrected chi connectivity index (χ1v) is 9.16. The van der Waals surface area contributed by atoms with Crippen LogP contribution in [0.2, 0.25) is 0 Å². The molecule has 1 saturated heterocycles. The third kappa shape index (κ3) is 5.14. The molecule has 6 nitrogen and oxygen atoms in total. The normalized spacial score (nSPS) is 16.8. The number of pyridine rings is 1. The number of ether oxygens (including phenoxy) is 1. The smallest absolute Gasteiger partial charge is 0.340 e. The van der Waals surface area contributed by atoms with E-state index < -0.39 is 5.60 Å². The molecule has 1 aromatic carbocycles. The maximum atomic E-state index is 12.1. The molecule has 1 fully saturated rings. The standard InChI is InChI=1S/C21H25N3O3/c1-21(2,3)27-20(26)15-8-11-17(23-13-15)14-6-9-16(10-7-14)24-19(25)18-5-4-12-22-18/h6-11,13,18,22H,4-5,12H2,1-3H3,(H,24,25)/t18-/m1/s1. The summed E-state index contributed by atoms with van der Waals surface area (Å²) in [4.78, 5) is 28.6. The van der Waals surface area contributed by atoms with Crippen LogP contribution in [0.4, 0.5) is 5.69 Å². The molecule has 2 aromatic rings. The number of carbonyl (C=O) groups is 2. The number of aromatic nitrogens is 1. The van der Waals surface area contributed by atoms with Gasteiger partial charge in [-0.3, -0.25) is 9.78 Å². The number of rotatable bonds is 4. The molecule has 27 heavy (non-hydrogen) atoms. The highest BCUT2D eigenvalue weighted by atomic mass is 16.6. The Morgan fingerprint density at radius 1 is 1.15 bits per heavy atom. The summed E-state index contributed by atoms with van der Waals surface area (Å²) in [5, 5.41) is 6.11. The molecule has 0 bridgehead atoms. The molecule has 0 spiro atoms. The van der Waals surface area contributed by atoms with Gasteiger partial charge in [-0.15, -0.1) is 0 Å². The molecular weight excluding hydrogens is 342 g/mol. The number of nitrogens with zero attached hydrogens (tertiary/aromatic N) is 1. The van der Waals surface area contributed by atoms with E-state index in [1.807, 2.05) is 45.0 Å². The van der Waals surface area contributed by atoms with E-state index in [0.29, 0.717) is 5.56 Å². The fourth-order valence-electron chi connectivity index (χ4n) is 2.88. The summed E-state index contributed by atoms with van der Waals surface area (Å²) >= 11 is 0. The summed E-state index contributed by atoms with van der Waals surface area (Å²) in [7, 11) is 0. The lowest BCUT2D eigenvalue weighted by Gasteiger charge is -2.19. The van der Waals surface area contributed by atoms with Crippen LogP contribution in [-0.4, -0.2) is 35.0 Å². The highest BCUT2D eigenvalue weighted by molar-refractivity contribution is 5.95. The third-order valence-electron chi connectivity index (χ3n) is 4.22. The quantitative estimate of drug-likeness (QED) is 0.810. The maximum Gasteiger partial charge on any atom is 0.340 e. The van der Waals surface area contributed by atoms with Gasteiger partial charge >= 0.3 is 5.97 Å². The summed E-state index contributed by atoms with van der Waals surface area (Å²) in [5.74, 6) is -0.389. The minimum atomic E-state index is -0.538. The Morgan fingerprint density at radius 2 is 1.89 bits per heavy atom. The Balaban J connectivity index is 1.64. The van der Waals surface area contributed by atoms with Crippen molar-refractivity contribution >= 4 is 17.6 Å². The van der Waals surface area contributed by atoms with Crippen LogP contribution in [0.15, 0.2) is 42.6 Å². The highest BCUT2D eigenvalue weighted by Gasteiger charge is 2.22. The molecule has 1 aliphatic rings. The Hall–Kier alpha value is -2.73. The lowest BCUT2D eigenvalue weighted by atomic mass is 10.1. The minimum absolute atomic E-state index is 0.0000821. The van der Waals surface area contributed by atoms with E-state index in [1.165, 1.54) is 6.20 Å². The van der Waals surface area contributed by atoms with Crippen LogP contribution < -0.4 is 10.6 Å². The second-order valence-corrected chi connectivity index (χ2v) is 7.65. The molecule has 6 heteroatoms. The highest BCUT2D eigenvalue weighted by Crippen LogP contribution is 2.21. The number of hydrogen-bond acceptors (Lipinski definition) is 5. The number of anilines is 1. The second kappa shape index (κ2) is 7.88. The van der Waals surface area contributed by atoms with Crippen molar-refractivity contribution in [2.45, 2.75) is 45.3 Å². The number of nitrogens with one attached hydrogen (secondary N) is 2. The number of carbonyl (C=O) groups excluding carboxylic acids is 2. The fraction of sp³-hybridized carbons (Fsp3) is 0.381. The molecule has 0 aliphatic carbocycles. The fourth-order valence-corrected chi connectivity index (χ4v) is 2.88. The van der Waals surface area contributed by atoms with E-state index in [9.17, 15) is 9.59 Å². The Bertz CT molecular complexity index is 802. The van der Waals surface area contributed by atoms with Crippen LogP contribution in [0.3, 0.4) is 0 Å². The van der Waals surface area contributed by atoms with Crippen molar-refractivity contribution in [3.63, 3.8) is 0 Å². The maximum absolute atomic E-state index is 12.1. The van der Waals surface area contributed by atoms with Crippen LogP contribution in [0.25, 0.3) is 11.3 Å². The molecule has 0 unspecified atom stereocenters. The van der Waals surface area contributed by atoms with E-state index in [-0.39, 0.29) is 17.9 Å². The zero-order valence-corrected chi connectivity index (χ0v) is 15.9. The van der Waals surface area contributed by atoms with Crippen molar-refractivity contribution in [3.8, 4) is 11.3 Å². The predicted molar refractivity (Wildman–Crippen MR) is 104 cm³/mol. The zero-order valence-electron chi connectivity index (χ0n) is 15.9. The number of esters is 1. The summed E-state index contributed by atoms with van der Waals surface area (Å²) < 4.78 is 5.34. The molecule has 3 rings (SSSR count). The SMILES string of the molecule is CC(C)(C)OC(=O)c1ccc(-c2ccc(NC(=O)[C@H]3CCCN3)cc2)nc1. The Kier molecular flexibility index (Phi) is 5.56. The molecule has 142 valence electrons. The van der Waals surface area contributed by atoms with Gasteiger partial charge in [0.25, 0.3) is 0 Å². The first kappa shape index (κ1) is 19.0. The largest absolute Gasteiger partial charge is 0.456 e. The summed E-state index contributed by atoms with van der Waals surface area (Å²) in [6.45, 7) is 6.38. The summed E-state index contributed by atoms with van der Waals surface area (Å²) in [6.07, 6.45) is 3.42. The van der Waals surface area contributed by atoms with Gasteiger partial charge in [0.15, 0.2) is 0 Å². The van der Waals surface area contributed by atoms with E-state index in [2.05, 4.69) is 15.6 Å². The van der Waals surface area contributed by atoms with Crippen LogP contribution in [0, 0.1) is 0 Å². The van der Waals surface area contributed by atoms with Crippen molar-refractivity contribution in [1.29, 1.82) is 0 Å². The molecule has 2 heterocycles. The molecule has 1 aliphatic heterocycles. The van der Waals surface area contributed by atoms with Crippen LogP contribution in [0.5, 0.6) is 0 Å². The number of hydrogen-bond donors (Lipinski definition) is 2. The van der Waals surface area contributed by atoms with Gasteiger partial charge in [-0.2, -0.15) is 0 Å². The lowest BCUT2D eigenvalue weighted by molar-refractivity contribution is -0.117. The molecule has 1 aromatic heterocycles. The second-order valence-electron chi connectivity index (χ2n) is 7.65. The lowest BCUT2D eigenvalue weighted by Crippen LogP contribution is -2.35. The van der Waals surface area contributed by atoms with Crippen molar-refractivity contribution in [3.05, 3.63) is 48.2 Å². The summed E-state index contributed by atoms with van der Waals surface area (Å²) in [6, 6.07) is 10.9. The zero-order chi connectivity index (χ0) is 19.4. The van der Waals surface area contributed by atoms with E-state index in [1.54, 1.807) is 12.1 Å². The molecule has 1 amide bonds. The predicted octanol–water partition coefficient (Wildman–Crippen LogP) is 3.39. The molecule has 1 atom stereocenters. The number of benzene rings is 1. The van der Waals surface area contributed by atoms with Gasteiger partial charge in [-0.05, 0) is 64.4 Å². The molecular formula is C21H25N3O3. The monoisotopic (exact) mass is 367 g/mol. The van der Waals surface area contributed by atoms with Gasteiger partial charge in [0.1, 0.15) is 5.60 Å². The van der Waals surface area contributed by atoms with Crippen molar-refractivity contribution < 1.29 is 14.3 Å². The number of amides is 1. The van der Waals surface area contributed by atoms with E-state index >= 15 is 0 Å². The Morgan fingerprint density at radius 3 is 2.44 bits per heavy atom. The van der Waals surface area contributed by atoms with Crippen molar-refractivity contribution in [2.75, 3.05) is 11.9 Å². The Labute approximate surface area is 159 Å². The van der Waals surface area contributed by atoms with E-state index in [0.717, 1.165) is 36.3 Å². The summed E-state index contributed by atoms with van der Waals surface area (Å²) in [5.41, 5.74) is 2.29. The third-order valence-corrected chi connectivity index (χ3v) is 4.22. The van der Waals surface area contributed by atoms with E-state index in [4.69, 9.17) is 4.74 Å². The van der Waals surface area contributed by atoms with Crippen molar-refractivity contribution in [2.24, 2.45) is 0 Å². The van der Waals surface area contributed by atoms with Crippen LogP contribution in [-0.2, 0) is 9.53 Å². The molecule has 0 radical (unpaired) electrons. The van der Waals surface area contributed by atoms with Crippen molar-refractivity contribution in [1.82, 2.24) is 10.3 Å². The first-order valence-electron chi connectivity index (χ1n) is 9.16. The molecule has 2 N–H and O–H groups in total. The average molecular weight is 367 g/mol. The molecule has 0 saturated carbocycles. The van der Waals surface area contributed by atoms with Gasteiger partial charge in [-0.1, -0.05) is 12.1 Å².